The Morgan fingerprint density at radius 2 is 1.80 bits per heavy atom. The van der Waals surface area contributed by atoms with Gasteiger partial charge >= 0.3 is 47.5 Å². The molecule has 3 unspecified atom stereocenters. The molecule has 2 heterocycles. The molecule has 0 radical (unpaired) electrons. The van der Waals surface area contributed by atoms with Crippen LogP contribution in [0.2, 0.25) is 0 Å². The smallest absolute Gasteiger partial charge is 0.543 e. The van der Waals surface area contributed by atoms with Gasteiger partial charge in [0, 0.05) is 24.7 Å². The van der Waals surface area contributed by atoms with Crippen LogP contribution in [0.25, 0.3) is 0 Å². The maximum absolute atomic E-state index is 12.6. The van der Waals surface area contributed by atoms with E-state index in [1.54, 1.807) is 0 Å². The van der Waals surface area contributed by atoms with Crippen LogP contribution in [0.4, 0.5) is 0 Å². The van der Waals surface area contributed by atoms with Gasteiger partial charge in [-0.1, -0.05) is 12.1 Å². The van der Waals surface area contributed by atoms with E-state index in [2.05, 4.69) is 10.6 Å². The van der Waals surface area contributed by atoms with Crippen molar-refractivity contribution in [3.63, 3.8) is 0 Å². The van der Waals surface area contributed by atoms with Gasteiger partial charge in [-0.25, -0.2) is 9.59 Å². The molecular weight excluding hydrogens is 561 g/mol. The van der Waals surface area contributed by atoms with Gasteiger partial charge in [-0.3, -0.25) is 24.1 Å². The fourth-order valence-electron chi connectivity index (χ4n) is 4.04. The van der Waals surface area contributed by atoms with Crippen molar-refractivity contribution in [2.24, 2.45) is 0 Å². The first-order chi connectivity index (χ1) is 18.4. The van der Waals surface area contributed by atoms with Gasteiger partial charge in [0.15, 0.2) is 0 Å². The molecule has 14 nitrogen and oxygen atoms in total. The van der Waals surface area contributed by atoms with Crippen molar-refractivity contribution in [1.82, 2.24) is 15.5 Å². The number of fused-ring (bicyclic) bond motifs is 1. The first-order valence-electron chi connectivity index (χ1n) is 11.6. The maximum Gasteiger partial charge on any atom is 1.00 e. The molecule has 1 aromatic rings. The molecule has 3 amide bonds. The van der Waals surface area contributed by atoms with Crippen LogP contribution in [0.15, 0.2) is 35.5 Å². The Labute approximate surface area is 253 Å². The van der Waals surface area contributed by atoms with Gasteiger partial charge in [0.05, 0.1) is 22.8 Å². The van der Waals surface area contributed by atoms with E-state index in [0.29, 0.717) is 0 Å². The first-order valence-corrected chi connectivity index (χ1v) is 12.6. The summed E-state index contributed by atoms with van der Waals surface area (Å²) in [7, 11) is 0. The van der Waals surface area contributed by atoms with Crippen LogP contribution in [0, 0.1) is 0 Å². The largest absolute Gasteiger partial charge is 1.00 e. The molecule has 0 bridgehead atoms. The number of carbonyl (C=O) groups excluding carboxylic acids is 5. The number of thioether (sulfide) groups is 1. The number of amides is 3. The van der Waals surface area contributed by atoms with Crippen molar-refractivity contribution in [1.29, 1.82) is 0 Å². The summed E-state index contributed by atoms with van der Waals surface area (Å²) in [6.45, 7) is 0.839. The number of carboxylic acid groups (broad SMARTS) is 3. The zero-order valence-electron chi connectivity index (χ0n) is 21.5. The van der Waals surface area contributed by atoms with Gasteiger partial charge < -0.3 is 35.5 Å². The minimum atomic E-state index is -1.62. The summed E-state index contributed by atoms with van der Waals surface area (Å²) in [4.78, 5) is 84.2. The minimum Gasteiger partial charge on any atom is -0.543 e. The van der Waals surface area contributed by atoms with Crippen molar-refractivity contribution in [3.8, 4) is 0 Å². The third-order valence-electron chi connectivity index (χ3n) is 5.91. The number of benzene rings is 1. The molecule has 1 aromatic carbocycles. The number of rotatable bonds is 12. The predicted molar refractivity (Wildman–Crippen MR) is 130 cm³/mol. The summed E-state index contributed by atoms with van der Waals surface area (Å²) in [5, 5.41) is 34.4. The number of nitrogens with one attached hydrogen (secondary N) is 2. The number of β-lactam (4-membered cyclic amide) rings is 1. The summed E-state index contributed by atoms with van der Waals surface area (Å²) in [6.07, 6.45) is -0.361. The Balaban J connectivity index is 0.00000560. The molecule has 40 heavy (non-hydrogen) atoms. The van der Waals surface area contributed by atoms with E-state index in [-0.39, 0.29) is 77.9 Å². The maximum atomic E-state index is 12.6. The molecule has 0 aliphatic carbocycles. The second-order valence-electron chi connectivity index (χ2n) is 8.58. The van der Waals surface area contributed by atoms with Crippen LogP contribution in [0.3, 0.4) is 0 Å². The Bertz CT molecular complexity index is 1270. The third-order valence-corrected chi connectivity index (χ3v) is 7.25. The summed E-state index contributed by atoms with van der Waals surface area (Å²) in [5.74, 6) is -7.03. The van der Waals surface area contributed by atoms with Crippen molar-refractivity contribution in [2.45, 2.75) is 43.6 Å². The Kier molecular flexibility index (Phi) is 11.7. The summed E-state index contributed by atoms with van der Waals surface area (Å²) in [5.41, 5.74) is -0.723. The van der Waals surface area contributed by atoms with Crippen LogP contribution < -0.4 is 45.3 Å². The number of esters is 1. The Morgan fingerprint density at radius 3 is 2.38 bits per heavy atom. The number of hydrogen-bond donors (Lipinski definition) is 4. The van der Waals surface area contributed by atoms with Gasteiger partial charge in [-0.2, -0.15) is 0 Å². The number of aromatic carboxylic acids is 1. The molecule has 0 spiro atoms. The molecule has 3 rings (SSSR count). The number of hydrogen-bond acceptors (Lipinski definition) is 10. The zero-order valence-corrected chi connectivity index (χ0v) is 24.3. The average Bonchev–Trinajstić information content (AvgIpc) is 2.88. The van der Waals surface area contributed by atoms with Crippen molar-refractivity contribution in [3.05, 3.63) is 46.7 Å². The van der Waals surface area contributed by atoms with Gasteiger partial charge in [0.1, 0.15) is 24.1 Å². The summed E-state index contributed by atoms with van der Waals surface area (Å²) >= 11 is 1.17. The van der Waals surface area contributed by atoms with E-state index in [1.807, 2.05) is 0 Å². The number of carbonyl (C=O) groups is 7. The molecule has 1 fully saturated rings. The van der Waals surface area contributed by atoms with Gasteiger partial charge in [0.25, 0.3) is 11.8 Å². The Hall–Kier alpha value is -3.40. The summed E-state index contributed by atoms with van der Waals surface area (Å²) in [6, 6.07) is 2.87. The van der Waals surface area contributed by atoms with E-state index in [4.69, 9.17) is 4.74 Å². The SMILES string of the molecule is CC(=O)OCC1=C(C(=O)[O-])N2C(=O)C(NC(=O)CCCC(NC(=O)c3ccccc3C(=O)O)C(=O)O)C2SC1.[Na+]. The normalized spacial score (nSPS) is 18.3. The first kappa shape index (κ1) is 32.8. The fraction of sp³-hybridized carbons (Fsp3) is 0.375. The van der Waals surface area contributed by atoms with E-state index in [1.165, 1.54) is 36.0 Å². The standard InChI is InChI=1S/C24H25N3O11S.Na/c1-11(28)38-9-12-10-39-21-17(20(31)27(21)18(12)24(36)37)26-16(29)8-4-7-15(23(34)35)25-19(30)13-5-2-3-6-14(13)22(32)33;/h2-3,5-6,15,17,21H,4,7-10H2,1H3,(H,25,30)(H,26,29)(H,32,33)(H,34,35)(H,36,37);/q;+1/p-1. The third kappa shape index (κ3) is 7.62. The van der Waals surface area contributed by atoms with E-state index < -0.39 is 64.8 Å². The van der Waals surface area contributed by atoms with Crippen LogP contribution in [0.1, 0.15) is 46.9 Å². The second kappa shape index (κ2) is 14.3. The number of aliphatic carboxylic acids is 2. The monoisotopic (exact) mass is 585 g/mol. The van der Waals surface area contributed by atoms with Crippen LogP contribution >= 0.6 is 11.8 Å². The number of carboxylic acids is 3. The van der Waals surface area contributed by atoms with Crippen LogP contribution in [-0.2, 0) is 28.7 Å². The number of ether oxygens (including phenoxy) is 1. The second-order valence-corrected chi connectivity index (χ2v) is 9.69. The van der Waals surface area contributed by atoms with Crippen LogP contribution in [0.5, 0.6) is 0 Å². The fourth-order valence-corrected chi connectivity index (χ4v) is 5.37. The summed E-state index contributed by atoms with van der Waals surface area (Å²) < 4.78 is 4.84. The molecule has 2 aliphatic rings. The van der Waals surface area contributed by atoms with Gasteiger partial charge in [-0.05, 0) is 25.0 Å². The molecule has 16 heteroatoms. The molecular formula is C24H24N3NaO11S. The minimum absolute atomic E-state index is 0. The molecule has 2 aliphatic heterocycles. The van der Waals surface area contributed by atoms with Crippen molar-refractivity contribution < 1.29 is 83.2 Å². The predicted octanol–water partition coefficient (Wildman–Crippen LogP) is -4.29. The van der Waals surface area contributed by atoms with Crippen molar-refractivity contribution >= 4 is 53.4 Å². The quantitative estimate of drug-likeness (QED) is 0.104. The molecule has 4 N–H and O–H groups in total. The van der Waals surface area contributed by atoms with Crippen molar-refractivity contribution in [2.75, 3.05) is 12.4 Å². The molecule has 0 saturated carbocycles. The van der Waals surface area contributed by atoms with Gasteiger partial charge in [-0.15, -0.1) is 11.8 Å². The average molecular weight is 586 g/mol. The topological polar surface area (TPSA) is 220 Å². The molecule has 3 atom stereocenters. The number of nitrogens with zero attached hydrogens (tertiary/aromatic N) is 1. The molecule has 0 aromatic heterocycles. The Morgan fingerprint density at radius 1 is 1.15 bits per heavy atom. The van der Waals surface area contributed by atoms with E-state index in [9.17, 15) is 48.9 Å². The molecule has 208 valence electrons. The van der Waals surface area contributed by atoms with E-state index in [0.717, 1.165) is 11.8 Å². The molecule has 1 saturated heterocycles. The van der Waals surface area contributed by atoms with E-state index >= 15 is 0 Å². The van der Waals surface area contributed by atoms with Crippen LogP contribution in [-0.4, -0.2) is 86.5 Å². The van der Waals surface area contributed by atoms with Gasteiger partial charge in [0.2, 0.25) is 5.91 Å². The zero-order chi connectivity index (χ0) is 28.9.